The molecule has 1 atom stereocenters. The molecule has 1 aliphatic carbocycles. The molecular weight excluding hydrogens is 328 g/mol. The number of nitrogens with two attached hydrogens (primary N) is 1. The van der Waals surface area contributed by atoms with Crippen LogP contribution in [0.2, 0.25) is 0 Å². The number of carbonyl (C=O) groups excluding carboxylic acids is 1. The molecule has 1 amide bonds. The zero-order valence-electron chi connectivity index (χ0n) is 11.8. The number of aryl methyl sites for hydroxylation is 1. The van der Waals surface area contributed by atoms with Crippen LogP contribution in [0.15, 0.2) is 46.9 Å². The SMILES string of the molecule is CN(C(=O)c1cc(N)cc(Br)c1)C1CCc2ccccc21. The van der Waals surface area contributed by atoms with Gasteiger partial charge in [-0.1, -0.05) is 40.2 Å². The standard InChI is InChI=1S/C17H17BrN2O/c1-20(16-7-6-11-4-2-3-5-15(11)16)17(21)12-8-13(18)10-14(19)9-12/h2-5,8-10,16H,6-7,19H2,1H3. The molecule has 0 fully saturated rings. The number of anilines is 1. The summed E-state index contributed by atoms with van der Waals surface area (Å²) in [6.07, 6.45) is 2.00. The van der Waals surface area contributed by atoms with Gasteiger partial charge in [-0.2, -0.15) is 0 Å². The van der Waals surface area contributed by atoms with Crippen molar-refractivity contribution in [3.63, 3.8) is 0 Å². The molecule has 4 heteroatoms. The molecule has 0 spiro atoms. The van der Waals surface area contributed by atoms with Crippen LogP contribution in [0.25, 0.3) is 0 Å². The van der Waals surface area contributed by atoms with Gasteiger partial charge < -0.3 is 10.6 Å². The van der Waals surface area contributed by atoms with E-state index >= 15 is 0 Å². The molecule has 2 aromatic carbocycles. The Morgan fingerprint density at radius 3 is 2.81 bits per heavy atom. The van der Waals surface area contributed by atoms with Crippen LogP contribution in [-0.4, -0.2) is 17.9 Å². The van der Waals surface area contributed by atoms with Gasteiger partial charge in [-0.3, -0.25) is 4.79 Å². The minimum Gasteiger partial charge on any atom is -0.399 e. The number of halogens is 1. The molecule has 2 N–H and O–H groups in total. The van der Waals surface area contributed by atoms with E-state index in [1.165, 1.54) is 11.1 Å². The molecule has 0 saturated carbocycles. The molecule has 3 nitrogen and oxygen atoms in total. The van der Waals surface area contributed by atoms with E-state index in [4.69, 9.17) is 5.73 Å². The largest absolute Gasteiger partial charge is 0.399 e. The first-order chi connectivity index (χ1) is 10.1. The van der Waals surface area contributed by atoms with Gasteiger partial charge in [0.2, 0.25) is 0 Å². The molecule has 1 aliphatic rings. The molecule has 0 heterocycles. The fourth-order valence-electron chi connectivity index (χ4n) is 3.02. The fourth-order valence-corrected chi connectivity index (χ4v) is 3.53. The van der Waals surface area contributed by atoms with Gasteiger partial charge in [0.15, 0.2) is 0 Å². The smallest absolute Gasteiger partial charge is 0.254 e. The van der Waals surface area contributed by atoms with Gasteiger partial charge in [-0.25, -0.2) is 0 Å². The third kappa shape index (κ3) is 2.68. The van der Waals surface area contributed by atoms with Crippen molar-refractivity contribution in [3.8, 4) is 0 Å². The van der Waals surface area contributed by atoms with E-state index in [1.54, 1.807) is 12.1 Å². The van der Waals surface area contributed by atoms with Crippen molar-refractivity contribution in [1.29, 1.82) is 0 Å². The maximum absolute atomic E-state index is 12.7. The number of fused-ring (bicyclic) bond motifs is 1. The maximum Gasteiger partial charge on any atom is 0.254 e. The highest BCUT2D eigenvalue weighted by Gasteiger charge is 2.28. The number of carbonyl (C=O) groups is 1. The van der Waals surface area contributed by atoms with Gasteiger partial charge in [-0.05, 0) is 42.2 Å². The summed E-state index contributed by atoms with van der Waals surface area (Å²) in [6, 6.07) is 13.8. The number of hydrogen-bond acceptors (Lipinski definition) is 2. The highest BCUT2D eigenvalue weighted by atomic mass is 79.9. The molecular formula is C17H17BrN2O. The Balaban J connectivity index is 1.89. The number of benzene rings is 2. The van der Waals surface area contributed by atoms with Crippen LogP contribution in [0.5, 0.6) is 0 Å². The Kier molecular flexibility index (Phi) is 3.72. The third-order valence-corrected chi connectivity index (χ3v) is 4.51. The van der Waals surface area contributed by atoms with E-state index in [-0.39, 0.29) is 11.9 Å². The van der Waals surface area contributed by atoms with E-state index in [2.05, 4.69) is 34.1 Å². The van der Waals surface area contributed by atoms with Crippen molar-refractivity contribution in [2.24, 2.45) is 0 Å². The summed E-state index contributed by atoms with van der Waals surface area (Å²) in [5.41, 5.74) is 9.64. The summed E-state index contributed by atoms with van der Waals surface area (Å²) in [4.78, 5) is 14.5. The summed E-state index contributed by atoms with van der Waals surface area (Å²) in [7, 11) is 1.87. The minimum absolute atomic E-state index is 0.00435. The summed E-state index contributed by atoms with van der Waals surface area (Å²) in [6.45, 7) is 0. The number of nitrogens with zero attached hydrogens (tertiary/aromatic N) is 1. The molecule has 2 aromatic rings. The minimum atomic E-state index is 0.00435. The average Bonchev–Trinajstić information content (AvgIpc) is 2.88. The van der Waals surface area contributed by atoms with Crippen LogP contribution in [0, 0.1) is 0 Å². The van der Waals surface area contributed by atoms with Crippen LogP contribution < -0.4 is 5.73 Å². The van der Waals surface area contributed by atoms with Gasteiger partial charge in [0, 0.05) is 22.8 Å². The second-order valence-corrected chi connectivity index (χ2v) is 6.36. The zero-order chi connectivity index (χ0) is 15.0. The summed E-state index contributed by atoms with van der Waals surface area (Å²) in [5.74, 6) is 0.00435. The van der Waals surface area contributed by atoms with E-state index in [0.29, 0.717) is 11.3 Å². The number of hydrogen-bond donors (Lipinski definition) is 1. The highest BCUT2D eigenvalue weighted by Crippen LogP contribution is 2.35. The monoisotopic (exact) mass is 344 g/mol. The van der Waals surface area contributed by atoms with Crippen LogP contribution in [0.4, 0.5) is 5.69 Å². The molecule has 3 rings (SSSR count). The lowest BCUT2D eigenvalue weighted by Gasteiger charge is -2.25. The van der Waals surface area contributed by atoms with Crippen molar-refractivity contribution >= 4 is 27.5 Å². The maximum atomic E-state index is 12.7. The van der Waals surface area contributed by atoms with Crippen LogP contribution >= 0.6 is 15.9 Å². The van der Waals surface area contributed by atoms with E-state index in [1.807, 2.05) is 24.1 Å². The molecule has 0 saturated heterocycles. The fraction of sp³-hybridized carbons (Fsp3) is 0.235. The second-order valence-electron chi connectivity index (χ2n) is 5.44. The van der Waals surface area contributed by atoms with Crippen molar-refractivity contribution in [3.05, 3.63) is 63.6 Å². The average molecular weight is 345 g/mol. The van der Waals surface area contributed by atoms with Gasteiger partial charge in [-0.15, -0.1) is 0 Å². The molecule has 0 bridgehead atoms. The first-order valence-electron chi connectivity index (χ1n) is 6.97. The number of rotatable bonds is 2. The van der Waals surface area contributed by atoms with Gasteiger partial charge in [0.05, 0.1) is 6.04 Å². The lowest BCUT2D eigenvalue weighted by atomic mass is 10.1. The third-order valence-electron chi connectivity index (χ3n) is 4.06. The van der Waals surface area contributed by atoms with Crippen LogP contribution in [-0.2, 0) is 6.42 Å². The predicted molar refractivity (Wildman–Crippen MR) is 88.2 cm³/mol. The van der Waals surface area contributed by atoms with Crippen LogP contribution in [0.1, 0.15) is 33.9 Å². The van der Waals surface area contributed by atoms with Gasteiger partial charge >= 0.3 is 0 Å². The topological polar surface area (TPSA) is 46.3 Å². The first kappa shape index (κ1) is 14.1. The van der Waals surface area contributed by atoms with Crippen molar-refractivity contribution in [1.82, 2.24) is 4.90 Å². The Bertz CT molecular complexity index is 679. The van der Waals surface area contributed by atoms with Crippen molar-refractivity contribution in [2.75, 3.05) is 12.8 Å². The Morgan fingerprint density at radius 2 is 2.05 bits per heavy atom. The van der Waals surface area contributed by atoms with Gasteiger partial charge in [0.25, 0.3) is 5.91 Å². The summed E-state index contributed by atoms with van der Waals surface area (Å²) < 4.78 is 0.825. The number of nitrogen functional groups attached to an aromatic ring is 1. The Morgan fingerprint density at radius 1 is 1.29 bits per heavy atom. The Labute approximate surface area is 132 Å². The first-order valence-corrected chi connectivity index (χ1v) is 7.76. The highest BCUT2D eigenvalue weighted by molar-refractivity contribution is 9.10. The van der Waals surface area contributed by atoms with Gasteiger partial charge in [0.1, 0.15) is 0 Å². The molecule has 0 aliphatic heterocycles. The lowest BCUT2D eigenvalue weighted by molar-refractivity contribution is 0.0730. The molecule has 108 valence electrons. The Hall–Kier alpha value is -1.81. The van der Waals surface area contributed by atoms with E-state index in [9.17, 15) is 4.79 Å². The molecule has 1 unspecified atom stereocenters. The molecule has 0 radical (unpaired) electrons. The molecule has 21 heavy (non-hydrogen) atoms. The van der Waals surface area contributed by atoms with Crippen LogP contribution in [0.3, 0.4) is 0 Å². The lowest BCUT2D eigenvalue weighted by Crippen LogP contribution is -2.30. The zero-order valence-corrected chi connectivity index (χ0v) is 13.4. The summed E-state index contributed by atoms with van der Waals surface area (Å²) >= 11 is 3.39. The van der Waals surface area contributed by atoms with Crippen molar-refractivity contribution < 1.29 is 4.79 Å². The van der Waals surface area contributed by atoms with E-state index < -0.39 is 0 Å². The number of amides is 1. The second kappa shape index (κ2) is 5.53. The summed E-state index contributed by atoms with van der Waals surface area (Å²) in [5, 5.41) is 0. The quantitative estimate of drug-likeness (QED) is 0.842. The molecule has 0 aromatic heterocycles. The normalized spacial score (nSPS) is 16.6. The predicted octanol–water partition coefficient (Wildman–Crippen LogP) is 3.79. The van der Waals surface area contributed by atoms with E-state index in [0.717, 1.165) is 17.3 Å². The van der Waals surface area contributed by atoms with Crippen molar-refractivity contribution in [2.45, 2.75) is 18.9 Å².